The molecule has 0 bridgehead atoms. The van der Waals surface area contributed by atoms with E-state index in [0.29, 0.717) is 19.6 Å². The molecule has 1 atom stereocenters. The van der Waals surface area contributed by atoms with Crippen LogP contribution in [0, 0.1) is 0 Å². The summed E-state index contributed by atoms with van der Waals surface area (Å²) in [5.74, 6) is -0.844. The average Bonchev–Trinajstić information content (AvgIpc) is 2.25. The van der Waals surface area contributed by atoms with Crippen molar-refractivity contribution < 1.29 is 19.4 Å². The number of hydrogen-bond donors (Lipinski definition) is 1. The number of carbonyl (C=O) groups is 2. The highest BCUT2D eigenvalue weighted by atomic mass is 16.5. The van der Waals surface area contributed by atoms with Crippen LogP contribution < -0.4 is 0 Å². The van der Waals surface area contributed by atoms with Crippen molar-refractivity contribution in [2.45, 2.75) is 38.6 Å². The summed E-state index contributed by atoms with van der Waals surface area (Å²) in [6.45, 7) is 3.37. The fraction of sp³-hybridized carbons (Fsp3) is 0.818. The van der Waals surface area contributed by atoms with Gasteiger partial charge in [-0.2, -0.15) is 0 Å². The predicted molar refractivity (Wildman–Crippen MR) is 58.1 cm³/mol. The van der Waals surface area contributed by atoms with Gasteiger partial charge in [0.25, 0.3) is 0 Å². The van der Waals surface area contributed by atoms with Gasteiger partial charge in [0.15, 0.2) is 0 Å². The Balaban J connectivity index is 2.48. The number of carboxylic acids is 1. The summed E-state index contributed by atoms with van der Waals surface area (Å²) in [6, 6.07) is -0.0658. The zero-order valence-electron chi connectivity index (χ0n) is 9.65. The molecule has 1 N–H and O–H groups in total. The van der Waals surface area contributed by atoms with Gasteiger partial charge in [0.2, 0.25) is 5.91 Å². The van der Waals surface area contributed by atoms with Crippen molar-refractivity contribution >= 4 is 11.9 Å². The van der Waals surface area contributed by atoms with Crippen molar-refractivity contribution in [3.63, 3.8) is 0 Å². The number of carboxylic acid groups (broad SMARTS) is 1. The lowest BCUT2D eigenvalue weighted by Gasteiger charge is -2.35. The first kappa shape index (κ1) is 13.0. The summed E-state index contributed by atoms with van der Waals surface area (Å²) in [5.41, 5.74) is 0. The van der Waals surface area contributed by atoms with Gasteiger partial charge in [0, 0.05) is 13.0 Å². The maximum Gasteiger partial charge on any atom is 0.303 e. The third-order valence-corrected chi connectivity index (χ3v) is 2.74. The lowest BCUT2D eigenvalue weighted by molar-refractivity contribution is -0.150. The Morgan fingerprint density at radius 1 is 1.62 bits per heavy atom. The minimum absolute atomic E-state index is 0.0184. The summed E-state index contributed by atoms with van der Waals surface area (Å²) < 4.78 is 5.15. The van der Waals surface area contributed by atoms with Gasteiger partial charge in [-0.3, -0.25) is 9.59 Å². The molecule has 0 aromatic carbocycles. The minimum atomic E-state index is -0.825. The fourth-order valence-corrected chi connectivity index (χ4v) is 1.82. The molecule has 0 spiro atoms. The van der Waals surface area contributed by atoms with Crippen LogP contribution in [0.4, 0.5) is 0 Å². The van der Waals surface area contributed by atoms with E-state index >= 15 is 0 Å². The number of rotatable bonds is 6. The molecule has 0 aromatic heterocycles. The molecule has 1 aliphatic heterocycles. The highest BCUT2D eigenvalue weighted by Gasteiger charge is 2.28. The molecule has 1 rings (SSSR count). The topological polar surface area (TPSA) is 66.8 Å². The Kier molecular flexibility index (Phi) is 5.25. The monoisotopic (exact) mass is 229 g/mol. The largest absolute Gasteiger partial charge is 0.481 e. The number of carbonyl (C=O) groups excluding carboxylic acids is 1. The van der Waals surface area contributed by atoms with E-state index < -0.39 is 5.97 Å². The molecular formula is C11H19NO4. The Morgan fingerprint density at radius 3 is 3.00 bits per heavy atom. The van der Waals surface area contributed by atoms with E-state index in [1.165, 1.54) is 0 Å². The number of unbranched alkanes of at least 4 members (excludes halogenated alkanes) is 1. The van der Waals surface area contributed by atoms with Crippen LogP contribution >= 0.6 is 0 Å². The lowest BCUT2D eigenvalue weighted by atomic mass is 10.1. The third-order valence-electron chi connectivity index (χ3n) is 2.74. The number of hydrogen-bond acceptors (Lipinski definition) is 3. The second-order valence-corrected chi connectivity index (χ2v) is 4.04. The van der Waals surface area contributed by atoms with Crippen LogP contribution in [0.2, 0.25) is 0 Å². The van der Waals surface area contributed by atoms with Gasteiger partial charge < -0.3 is 14.7 Å². The van der Waals surface area contributed by atoms with Crippen molar-refractivity contribution in [3.8, 4) is 0 Å². The van der Waals surface area contributed by atoms with Crippen LogP contribution in [0.5, 0.6) is 0 Å². The molecule has 1 heterocycles. The molecule has 92 valence electrons. The van der Waals surface area contributed by atoms with E-state index in [4.69, 9.17) is 9.84 Å². The molecule has 1 unspecified atom stereocenters. The number of amides is 1. The summed E-state index contributed by atoms with van der Waals surface area (Å²) in [7, 11) is 0. The average molecular weight is 229 g/mol. The second-order valence-electron chi connectivity index (χ2n) is 4.04. The number of aliphatic carboxylic acids is 1. The second kappa shape index (κ2) is 6.48. The molecule has 1 fully saturated rings. The molecule has 0 aliphatic carbocycles. The Hall–Kier alpha value is -1.10. The SMILES string of the molecule is CCCCN1C(=O)COCC1CCC(=O)O. The maximum absolute atomic E-state index is 11.6. The molecule has 0 saturated carbocycles. The minimum Gasteiger partial charge on any atom is -0.481 e. The highest BCUT2D eigenvalue weighted by molar-refractivity contribution is 5.78. The van der Waals surface area contributed by atoms with Crippen LogP contribution in [0.1, 0.15) is 32.6 Å². The van der Waals surface area contributed by atoms with Gasteiger partial charge in [-0.25, -0.2) is 0 Å². The zero-order chi connectivity index (χ0) is 12.0. The van der Waals surface area contributed by atoms with Gasteiger partial charge in [0.1, 0.15) is 6.61 Å². The van der Waals surface area contributed by atoms with Crippen LogP contribution in [0.25, 0.3) is 0 Å². The van der Waals surface area contributed by atoms with Gasteiger partial charge in [-0.1, -0.05) is 13.3 Å². The smallest absolute Gasteiger partial charge is 0.303 e. The fourth-order valence-electron chi connectivity index (χ4n) is 1.82. The molecule has 5 nitrogen and oxygen atoms in total. The maximum atomic E-state index is 11.6. The van der Waals surface area contributed by atoms with Crippen LogP contribution in [-0.2, 0) is 14.3 Å². The standard InChI is InChI=1S/C11H19NO4/c1-2-3-6-12-9(4-5-11(14)15)7-16-8-10(12)13/h9H,2-8H2,1H3,(H,14,15). The molecule has 0 aromatic rings. The molecule has 5 heteroatoms. The van der Waals surface area contributed by atoms with Crippen molar-refractivity contribution in [2.24, 2.45) is 0 Å². The first-order valence-corrected chi connectivity index (χ1v) is 5.74. The molecule has 0 radical (unpaired) electrons. The van der Waals surface area contributed by atoms with Crippen molar-refractivity contribution in [3.05, 3.63) is 0 Å². The zero-order valence-corrected chi connectivity index (χ0v) is 9.65. The summed E-state index contributed by atoms with van der Waals surface area (Å²) in [6.07, 6.45) is 2.54. The Bertz CT molecular complexity index is 254. The molecular weight excluding hydrogens is 210 g/mol. The first-order chi connectivity index (χ1) is 7.65. The Labute approximate surface area is 95.4 Å². The predicted octanol–water partition coefficient (Wildman–Crippen LogP) is 0.879. The molecule has 1 saturated heterocycles. The normalized spacial score (nSPS) is 21.2. The van der Waals surface area contributed by atoms with Crippen molar-refractivity contribution in [1.29, 1.82) is 0 Å². The first-order valence-electron chi connectivity index (χ1n) is 5.74. The van der Waals surface area contributed by atoms with E-state index in [1.807, 2.05) is 0 Å². The van der Waals surface area contributed by atoms with Crippen LogP contribution in [0.3, 0.4) is 0 Å². The van der Waals surface area contributed by atoms with E-state index in [9.17, 15) is 9.59 Å². The quantitative estimate of drug-likeness (QED) is 0.734. The van der Waals surface area contributed by atoms with Crippen LogP contribution in [-0.4, -0.2) is 47.7 Å². The highest BCUT2D eigenvalue weighted by Crippen LogP contribution is 2.14. The van der Waals surface area contributed by atoms with E-state index in [2.05, 4.69) is 6.92 Å². The number of ether oxygens (including phenoxy) is 1. The summed E-state index contributed by atoms with van der Waals surface area (Å²) in [5, 5.41) is 8.63. The lowest BCUT2D eigenvalue weighted by Crippen LogP contribution is -2.49. The van der Waals surface area contributed by atoms with E-state index in [1.54, 1.807) is 4.90 Å². The number of morpholine rings is 1. The molecule has 16 heavy (non-hydrogen) atoms. The van der Waals surface area contributed by atoms with E-state index in [-0.39, 0.29) is 25.0 Å². The van der Waals surface area contributed by atoms with Gasteiger partial charge in [-0.15, -0.1) is 0 Å². The number of nitrogens with zero attached hydrogens (tertiary/aromatic N) is 1. The van der Waals surface area contributed by atoms with Crippen molar-refractivity contribution in [1.82, 2.24) is 4.90 Å². The molecule has 1 aliphatic rings. The molecule has 1 amide bonds. The Morgan fingerprint density at radius 2 is 2.38 bits per heavy atom. The third kappa shape index (κ3) is 3.81. The van der Waals surface area contributed by atoms with Gasteiger partial charge >= 0.3 is 5.97 Å². The van der Waals surface area contributed by atoms with Crippen molar-refractivity contribution in [2.75, 3.05) is 19.8 Å². The summed E-state index contributed by atoms with van der Waals surface area (Å²) in [4.78, 5) is 23.9. The summed E-state index contributed by atoms with van der Waals surface area (Å²) >= 11 is 0. The van der Waals surface area contributed by atoms with Crippen LogP contribution in [0.15, 0.2) is 0 Å². The van der Waals surface area contributed by atoms with E-state index in [0.717, 1.165) is 12.8 Å². The van der Waals surface area contributed by atoms with Gasteiger partial charge in [-0.05, 0) is 12.8 Å². The van der Waals surface area contributed by atoms with Gasteiger partial charge in [0.05, 0.1) is 12.6 Å².